The van der Waals surface area contributed by atoms with Crippen LogP contribution in [0.25, 0.3) is 0 Å². The van der Waals surface area contributed by atoms with Gasteiger partial charge in [-0.2, -0.15) is 0 Å². The third-order valence-electron chi connectivity index (χ3n) is 2.21. The summed E-state index contributed by atoms with van der Waals surface area (Å²) in [5.74, 6) is -0.210. The molecule has 0 spiro atoms. The molecule has 6 nitrogen and oxygen atoms in total. The molecule has 0 bridgehead atoms. The van der Waals surface area contributed by atoms with E-state index in [2.05, 4.69) is 4.72 Å². The van der Waals surface area contributed by atoms with E-state index in [0.717, 1.165) is 0 Å². The van der Waals surface area contributed by atoms with E-state index in [1.807, 2.05) is 6.92 Å². The van der Waals surface area contributed by atoms with E-state index < -0.39 is 10.0 Å². The molecular formula is C9H21N3O3S. The number of hydrogen-bond acceptors (Lipinski definition) is 4. The van der Waals surface area contributed by atoms with Gasteiger partial charge in [-0.3, -0.25) is 4.79 Å². The Morgan fingerprint density at radius 3 is 2.50 bits per heavy atom. The second kappa shape index (κ2) is 7.59. The molecule has 0 unspecified atom stereocenters. The fourth-order valence-corrected chi connectivity index (χ4v) is 2.06. The van der Waals surface area contributed by atoms with Crippen molar-refractivity contribution in [3.63, 3.8) is 0 Å². The quantitative estimate of drug-likeness (QED) is 0.548. The number of nitrogens with two attached hydrogens (primary N) is 1. The van der Waals surface area contributed by atoms with Crippen LogP contribution in [0.5, 0.6) is 0 Å². The van der Waals surface area contributed by atoms with Crippen LogP contribution in [-0.2, 0) is 14.8 Å². The van der Waals surface area contributed by atoms with Crippen LogP contribution in [0.1, 0.15) is 19.8 Å². The van der Waals surface area contributed by atoms with Crippen molar-refractivity contribution >= 4 is 15.9 Å². The maximum absolute atomic E-state index is 11.4. The molecule has 0 saturated heterocycles. The minimum atomic E-state index is -3.34. The van der Waals surface area contributed by atoms with Crippen molar-refractivity contribution in [1.82, 2.24) is 9.62 Å². The van der Waals surface area contributed by atoms with Crippen LogP contribution in [0.3, 0.4) is 0 Å². The van der Waals surface area contributed by atoms with Crippen molar-refractivity contribution in [2.75, 3.05) is 32.4 Å². The van der Waals surface area contributed by atoms with Crippen molar-refractivity contribution in [2.45, 2.75) is 19.8 Å². The molecular weight excluding hydrogens is 230 g/mol. The van der Waals surface area contributed by atoms with Crippen molar-refractivity contribution in [3.8, 4) is 0 Å². The van der Waals surface area contributed by atoms with Crippen LogP contribution in [0.2, 0.25) is 0 Å². The maximum atomic E-state index is 11.4. The van der Waals surface area contributed by atoms with Crippen molar-refractivity contribution in [1.29, 1.82) is 0 Å². The molecule has 0 aliphatic carbocycles. The predicted octanol–water partition coefficient (Wildman–Crippen LogP) is -0.877. The molecule has 0 aliphatic rings. The zero-order valence-electron chi connectivity index (χ0n) is 9.90. The molecule has 0 fully saturated rings. The standard InChI is InChI=1S/C9H21N3O3S/c1-3-12(2)9(13)8-11-16(14,15)7-5-4-6-10/h11H,3-8,10H2,1-2H3. The monoisotopic (exact) mass is 251 g/mol. The van der Waals surface area contributed by atoms with Gasteiger partial charge in [-0.1, -0.05) is 0 Å². The predicted molar refractivity (Wildman–Crippen MR) is 63.4 cm³/mol. The van der Waals surface area contributed by atoms with E-state index in [0.29, 0.717) is 25.9 Å². The number of nitrogens with zero attached hydrogens (tertiary/aromatic N) is 1. The largest absolute Gasteiger partial charge is 0.345 e. The molecule has 7 heteroatoms. The van der Waals surface area contributed by atoms with Gasteiger partial charge in [-0.15, -0.1) is 0 Å². The summed E-state index contributed by atoms with van der Waals surface area (Å²) in [4.78, 5) is 12.8. The van der Waals surface area contributed by atoms with Gasteiger partial charge in [0, 0.05) is 13.6 Å². The summed E-state index contributed by atoms with van der Waals surface area (Å²) in [7, 11) is -1.71. The average molecular weight is 251 g/mol. The molecule has 3 N–H and O–H groups in total. The number of carbonyl (C=O) groups excluding carboxylic acids is 1. The summed E-state index contributed by atoms with van der Waals surface area (Å²) in [5, 5.41) is 0. The Kier molecular flexibility index (Phi) is 7.27. The molecule has 0 aromatic carbocycles. The SMILES string of the molecule is CCN(C)C(=O)CNS(=O)(=O)CCCCN. The van der Waals surface area contributed by atoms with Crippen LogP contribution in [0.15, 0.2) is 0 Å². The first-order valence-corrected chi connectivity index (χ1v) is 6.99. The molecule has 1 amide bonds. The summed E-state index contributed by atoms with van der Waals surface area (Å²) < 4.78 is 25.1. The summed E-state index contributed by atoms with van der Waals surface area (Å²) >= 11 is 0. The van der Waals surface area contributed by atoms with E-state index >= 15 is 0 Å². The molecule has 0 heterocycles. The van der Waals surface area contributed by atoms with Crippen LogP contribution >= 0.6 is 0 Å². The molecule has 16 heavy (non-hydrogen) atoms. The maximum Gasteiger partial charge on any atom is 0.237 e. The van der Waals surface area contributed by atoms with Crippen molar-refractivity contribution in [2.24, 2.45) is 5.73 Å². The first-order valence-electron chi connectivity index (χ1n) is 5.34. The van der Waals surface area contributed by atoms with Crippen molar-refractivity contribution in [3.05, 3.63) is 0 Å². The number of likely N-dealkylation sites (N-methyl/N-ethyl adjacent to an activating group) is 1. The Morgan fingerprint density at radius 1 is 1.38 bits per heavy atom. The molecule has 96 valence electrons. The lowest BCUT2D eigenvalue weighted by Gasteiger charge is -2.14. The normalized spacial score (nSPS) is 11.4. The van der Waals surface area contributed by atoms with E-state index in [4.69, 9.17) is 5.73 Å². The Hall–Kier alpha value is -0.660. The minimum absolute atomic E-state index is 0.0212. The molecule has 0 radical (unpaired) electrons. The van der Waals surface area contributed by atoms with E-state index in [9.17, 15) is 13.2 Å². The van der Waals surface area contributed by atoms with Crippen molar-refractivity contribution < 1.29 is 13.2 Å². The lowest BCUT2D eigenvalue weighted by Crippen LogP contribution is -2.38. The number of sulfonamides is 1. The smallest absolute Gasteiger partial charge is 0.237 e. The third-order valence-corrected chi connectivity index (χ3v) is 3.62. The van der Waals surface area contributed by atoms with Gasteiger partial charge in [0.25, 0.3) is 0 Å². The Bertz CT molecular complexity index is 303. The lowest BCUT2D eigenvalue weighted by atomic mass is 10.3. The minimum Gasteiger partial charge on any atom is -0.345 e. The number of carbonyl (C=O) groups is 1. The molecule has 0 rings (SSSR count). The topological polar surface area (TPSA) is 92.5 Å². The van der Waals surface area contributed by atoms with Gasteiger partial charge in [-0.25, -0.2) is 13.1 Å². The first kappa shape index (κ1) is 15.3. The fraction of sp³-hybridized carbons (Fsp3) is 0.889. The van der Waals surface area contributed by atoms with Gasteiger partial charge in [-0.05, 0) is 26.3 Å². The number of amides is 1. The second-order valence-corrected chi connectivity index (χ2v) is 5.47. The van der Waals surface area contributed by atoms with Gasteiger partial charge in [0.05, 0.1) is 12.3 Å². The lowest BCUT2D eigenvalue weighted by molar-refractivity contribution is -0.128. The molecule has 0 saturated carbocycles. The number of rotatable bonds is 8. The zero-order chi connectivity index (χ0) is 12.6. The highest BCUT2D eigenvalue weighted by molar-refractivity contribution is 7.89. The Morgan fingerprint density at radius 2 is 2.00 bits per heavy atom. The van der Waals surface area contributed by atoms with Crippen LogP contribution in [0, 0.1) is 0 Å². The van der Waals surface area contributed by atoms with Crippen LogP contribution < -0.4 is 10.5 Å². The average Bonchev–Trinajstić information content (AvgIpc) is 2.25. The van der Waals surface area contributed by atoms with E-state index in [-0.39, 0.29) is 18.2 Å². The summed E-state index contributed by atoms with van der Waals surface area (Å²) in [6.45, 7) is 2.70. The highest BCUT2D eigenvalue weighted by Crippen LogP contribution is 1.93. The number of unbranched alkanes of at least 4 members (excludes halogenated alkanes) is 1. The number of hydrogen-bond donors (Lipinski definition) is 2. The fourth-order valence-electron chi connectivity index (χ4n) is 0.992. The zero-order valence-corrected chi connectivity index (χ0v) is 10.7. The first-order chi connectivity index (χ1) is 7.43. The molecule has 0 atom stereocenters. The molecule has 0 aliphatic heterocycles. The van der Waals surface area contributed by atoms with E-state index in [1.54, 1.807) is 7.05 Å². The molecule has 0 aromatic heterocycles. The Balaban J connectivity index is 3.95. The van der Waals surface area contributed by atoms with E-state index in [1.165, 1.54) is 4.90 Å². The third kappa shape index (κ3) is 6.76. The molecule has 0 aromatic rings. The second-order valence-electron chi connectivity index (χ2n) is 3.54. The summed E-state index contributed by atoms with van der Waals surface area (Å²) in [6.07, 6.45) is 1.19. The number of nitrogens with one attached hydrogen (secondary N) is 1. The highest BCUT2D eigenvalue weighted by atomic mass is 32.2. The van der Waals surface area contributed by atoms with Gasteiger partial charge in [0.2, 0.25) is 15.9 Å². The van der Waals surface area contributed by atoms with Gasteiger partial charge >= 0.3 is 0 Å². The van der Waals surface area contributed by atoms with Gasteiger partial charge < -0.3 is 10.6 Å². The van der Waals surface area contributed by atoms with Gasteiger partial charge in [0.1, 0.15) is 0 Å². The summed E-state index contributed by atoms with van der Waals surface area (Å²) in [5.41, 5.74) is 5.26. The Labute approximate surface area is 97.2 Å². The van der Waals surface area contributed by atoms with Crippen LogP contribution in [-0.4, -0.2) is 51.7 Å². The van der Waals surface area contributed by atoms with Crippen LogP contribution in [0.4, 0.5) is 0 Å². The summed E-state index contributed by atoms with van der Waals surface area (Å²) in [6, 6.07) is 0. The van der Waals surface area contributed by atoms with Gasteiger partial charge in [0.15, 0.2) is 0 Å². The highest BCUT2D eigenvalue weighted by Gasteiger charge is 2.13.